The number of aliphatic imine (C=N–C) groups is 1. The summed E-state index contributed by atoms with van der Waals surface area (Å²) in [7, 11) is 0. The number of nitrogens with zero attached hydrogens (tertiary/aromatic N) is 2. The highest BCUT2D eigenvalue weighted by molar-refractivity contribution is 6.12. The Morgan fingerprint density at radius 1 is 0.667 bits per heavy atom. The summed E-state index contributed by atoms with van der Waals surface area (Å²) >= 11 is 0. The van der Waals surface area contributed by atoms with Crippen LogP contribution in [0.15, 0.2) is 145 Å². The first-order valence-electron chi connectivity index (χ1n) is 15.8. The molecule has 2 nitrogen and oxygen atoms in total. The molecule has 45 heavy (non-hydrogen) atoms. The fourth-order valence-electron chi connectivity index (χ4n) is 7.97. The van der Waals surface area contributed by atoms with E-state index in [-0.39, 0.29) is 5.41 Å². The molecule has 0 fully saturated rings. The molecule has 1 unspecified atom stereocenters. The molecular formula is C43H36N2. The van der Waals surface area contributed by atoms with E-state index in [9.17, 15) is 0 Å². The molecule has 0 aliphatic heterocycles. The Balaban J connectivity index is 1.48. The van der Waals surface area contributed by atoms with Crippen molar-refractivity contribution in [1.29, 1.82) is 0 Å². The molecule has 0 saturated heterocycles. The van der Waals surface area contributed by atoms with Crippen molar-refractivity contribution in [2.45, 2.75) is 38.0 Å². The lowest BCUT2D eigenvalue weighted by atomic mass is 9.70. The third-order valence-electron chi connectivity index (χ3n) is 10.2. The van der Waals surface area contributed by atoms with Gasteiger partial charge in [0, 0.05) is 32.9 Å². The summed E-state index contributed by atoms with van der Waals surface area (Å²) in [6.07, 6.45) is 0.827. The monoisotopic (exact) mass is 580 g/mol. The fraction of sp³-hybridized carbons (Fsp3) is 0.140. The third-order valence-corrected chi connectivity index (χ3v) is 10.2. The summed E-state index contributed by atoms with van der Waals surface area (Å²) in [5, 5.41) is 2.47. The maximum absolute atomic E-state index is 4.70. The van der Waals surface area contributed by atoms with E-state index in [1.807, 2.05) is 0 Å². The molecule has 1 aliphatic carbocycles. The van der Waals surface area contributed by atoms with Gasteiger partial charge in [0.1, 0.15) is 0 Å². The lowest BCUT2D eigenvalue weighted by Gasteiger charge is -2.34. The van der Waals surface area contributed by atoms with Gasteiger partial charge < -0.3 is 4.57 Å². The van der Waals surface area contributed by atoms with Gasteiger partial charge in [-0.25, -0.2) is 0 Å². The van der Waals surface area contributed by atoms with Gasteiger partial charge in [0.15, 0.2) is 0 Å². The minimum absolute atomic E-state index is 0.0940. The smallest absolute Gasteiger partial charge is 0.0684 e. The first-order valence-corrected chi connectivity index (χ1v) is 15.8. The number of para-hydroxylation sites is 1. The second kappa shape index (κ2) is 10.2. The highest BCUT2D eigenvalue weighted by Gasteiger charge is 2.37. The van der Waals surface area contributed by atoms with Crippen LogP contribution in [0.25, 0.3) is 38.6 Å². The largest absolute Gasteiger partial charge is 0.309 e. The number of benzene rings is 6. The number of aromatic nitrogens is 1. The molecule has 0 spiro atoms. The molecule has 7 aromatic rings. The summed E-state index contributed by atoms with van der Waals surface area (Å²) in [6.45, 7) is 11.2. The van der Waals surface area contributed by atoms with Gasteiger partial charge in [-0.3, -0.25) is 4.99 Å². The van der Waals surface area contributed by atoms with Crippen molar-refractivity contribution < 1.29 is 0 Å². The zero-order valence-corrected chi connectivity index (χ0v) is 26.1. The second-order valence-corrected chi connectivity index (χ2v) is 13.1. The predicted octanol–water partition coefficient (Wildman–Crippen LogP) is 11.0. The van der Waals surface area contributed by atoms with Crippen molar-refractivity contribution in [2.24, 2.45) is 4.99 Å². The van der Waals surface area contributed by atoms with Crippen LogP contribution < -0.4 is 0 Å². The lowest BCUT2D eigenvalue weighted by molar-refractivity contribution is 0.572. The van der Waals surface area contributed by atoms with Crippen molar-refractivity contribution in [1.82, 2.24) is 4.57 Å². The maximum Gasteiger partial charge on any atom is 0.0684 e. The van der Waals surface area contributed by atoms with Crippen LogP contribution in [0.5, 0.6) is 0 Å². The van der Waals surface area contributed by atoms with Gasteiger partial charge >= 0.3 is 0 Å². The fourth-order valence-corrected chi connectivity index (χ4v) is 7.97. The summed E-state index contributed by atoms with van der Waals surface area (Å²) in [4.78, 5) is 4.70. The molecule has 2 heteroatoms. The topological polar surface area (TPSA) is 17.3 Å². The van der Waals surface area contributed by atoms with Crippen molar-refractivity contribution >= 4 is 34.2 Å². The van der Waals surface area contributed by atoms with Crippen molar-refractivity contribution in [2.75, 3.05) is 0 Å². The van der Waals surface area contributed by atoms with Crippen molar-refractivity contribution in [3.8, 4) is 16.8 Å². The Morgan fingerprint density at radius 2 is 1.33 bits per heavy atom. The number of fused-ring (bicyclic) bond motifs is 6. The van der Waals surface area contributed by atoms with Gasteiger partial charge in [0.25, 0.3) is 0 Å². The van der Waals surface area contributed by atoms with E-state index in [4.69, 9.17) is 4.99 Å². The Labute approximate surface area is 265 Å². The van der Waals surface area contributed by atoms with Crippen LogP contribution in [-0.4, -0.2) is 11.3 Å². The number of hydrogen-bond acceptors (Lipinski definition) is 1. The highest BCUT2D eigenvalue weighted by atomic mass is 15.0. The van der Waals surface area contributed by atoms with E-state index in [1.54, 1.807) is 0 Å². The first-order chi connectivity index (χ1) is 21.9. The Bertz CT molecular complexity index is 2240. The maximum atomic E-state index is 4.70. The normalized spacial score (nSPS) is 14.6. The molecule has 0 radical (unpaired) electrons. The first kappa shape index (κ1) is 27.3. The quantitative estimate of drug-likeness (QED) is 0.174. The van der Waals surface area contributed by atoms with Crippen LogP contribution in [0.2, 0.25) is 0 Å². The van der Waals surface area contributed by atoms with E-state index in [1.165, 1.54) is 66.4 Å². The number of hydrogen-bond donors (Lipinski definition) is 0. The molecule has 1 atom stereocenters. The molecule has 8 rings (SSSR count). The van der Waals surface area contributed by atoms with E-state index >= 15 is 0 Å². The molecule has 0 amide bonds. The van der Waals surface area contributed by atoms with Crippen LogP contribution in [0, 0.1) is 0 Å². The minimum atomic E-state index is -0.392. The summed E-state index contributed by atoms with van der Waals surface area (Å²) in [5.74, 6) is 0. The molecular weight excluding hydrogens is 544 g/mol. The average molecular weight is 581 g/mol. The molecule has 0 N–H and O–H groups in total. The van der Waals surface area contributed by atoms with Crippen LogP contribution in [-0.2, 0) is 17.3 Å². The van der Waals surface area contributed by atoms with Crippen LogP contribution in [0.1, 0.15) is 48.6 Å². The van der Waals surface area contributed by atoms with Crippen LogP contribution >= 0.6 is 0 Å². The van der Waals surface area contributed by atoms with E-state index in [0.29, 0.717) is 0 Å². The molecule has 1 heterocycles. The van der Waals surface area contributed by atoms with Crippen molar-refractivity contribution in [3.05, 3.63) is 167 Å². The van der Waals surface area contributed by atoms with Crippen LogP contribution in [0.4, 0.5) is 5.69 Å². The minimum Gasteiger partial charge on any atom is -0.309 e. The summed E-state index contributed by atoms with van der Waals surface area (Å²) in [6, 6.07) is 50.9. The van der Waals surface area contributed by atoms with Crippen molar-refractivity contribution in [3.63, 3.8) is 0 Å². The zero-order valence-electron chi connectivity index (χ0n) is 26.1. The van der Waals surface area contributed by atoms with Gasteiger partial charge in [-0.2, -0.15) is 0 Å². The van der Waals surface area contributed by atoms with Gasteiger partial charge in [-0.05, 0) is 70.8 Å². The number of rotatable bonds is 6. The third kappa shape index (κ3) is 4.05. The standard InChI is InChI=1S/C43H36N2/c1-42(2)36-21-13-11-19-32(36)33-24-23-31(27-37(33)42)45-39-22-14-12-20-34(39)35-25-26-38(44-4)40(41(35)45)43(3,30-17-9-6-10-18-30)28-29-15-7-5-8-16-29/h5-27H,4,28H2,1-3H3. The van der Waals surface area contributed by atoms with Crippen LogP contribution in [0.3, 0.4) is 0 Å². The molecule has 1 aliphatic rings. The lowest BCUT2D eigenvalue weighted by Crippen LogP contribution is -2.28. The Morgan fingerprint density at radius 3 is 2.11 bits per heavy atom. The molecule has 0 saturated carbocycles. The SMILES string of the molecule is C=Nc1ccc2c3ccccc3n(-c3ccc4c(c3)C(C)(C)c3ccccc3-4)c2c1C(C)(Cc1ccccc1)c1ccccc1. The zero-order chi connectivity index (χ0) is 30.8. The van der Waals surface area contributed by atoms with Gasteiger partial charge in [0.2, 0.25) is 0 Å². The molecule has 218 valence electrons. The van der Waals surface area contributed by atoms with Gasteiger partial charge in [0.05, 0.1) is 16.7 Å². The van der Waals surface area contributed by atoms with Gasteiger partial charge in [-0.15, -0.1) is 0 Å². The summed E-state index contributed by atoms with van der Waals surface area (Å²) < 4.78 is 2.49. The van der Waals surface area contributed by atoms with Gasteiger partial charge in [-0.1, -0.05) is 136 Å². The second-order valence-electron chi connectivity index (χ2n) is 13.1. The summed E-state index contributed by atoms with van der Waals surface area (Å²) in [5.41, 5.74) is 13.1. The predicted molar refractivity (Wildman–Crippen MR) is 191 cm³/mol. The van der Waals surface area contributed by atoms with E-state index in [2.05, 4.69) is 172 Å². The van der Waals surface area contributed by atoms with E-state index < -0.39 is 5.41 Å². The molecule has 1 aromatic heterocycles. The molecule has 6 aromatic carbocycles. The average Bonchev–Trinajstić information content (AvgIpc) is 3.53. The van der Waals surface area contributed by atoms with E-state index in [0.717, 1.165) is 12.1 Å². The highest BCUT2D eigenvalue weighted by Crippen LogP contribution is 2.51. The Kier molecular flexibility index (Phi) is 6.18. The Hall–Kier alpha value is -5.21. The molecule has 0 bridgehead atoms.